The molecular formula is C23H27F3N4. The van der Waals surface area contributed by atoms with Crippen molar-refractivity contribution in [2.45, 2.75) is 26.1 Å². The van der Waals surface area contributed by atoms with Crippen molar-refractivity contribution >= 4 is 5.71 Å². The number of hydrogen-bond donors (Lipinski definition) is 2. The molecule has 0 aromatic heterocycles. The molecule has 30 heavy (non-hydrogen) atoms. The predicted octanol–water partition coefficient (Wildman–Crippen LogP) is 4.32. The number of piperazine rings is 1. The first-order chi connectivity index (χ1) is 14.3. The van der Waals surface area contributed by atoms with Gasteiger partial charge in [-0.1, -0.05) is 24.8 Å². The van der Waals surface area contributed by atoms with E-state index in [-0.39, 0.29) is 12.1 Å². The summed E-state index contributed by atoms with van der Waals surface area (Å²) in [6, 6.07) is 4.21. The van der Waals surface area contributed by atoms with E-state index in [1.807, 2.05) is 6.08 Å². The minimum Gasteiger partial charge on any atom is -0.381 e. The Morgan fingerprint density at radius 2 is 2.03 bits per heavy atom. The highest BCUT2D eigenvalue weighted by atomic mass is 19.4. The van der Waals surface area contributed by atoms with E-state index in [2.05, 4.69) is 39.3 Å². The summed E-state index contributed by atoms with van der Waals surface area (Å²) in [4.78, 5) is 6.81. The van der Waals surface area contributed by atoms with Gasteiger partial charge in [-0.15, -0.1) is 0 Å². The Morgan fingerprint density at radius 1 is 1.27 bits per heavy atom. The first-order valence-corrected chi connectivity index (χ1v) is 10.00. The molecule has 1 fully saturated rings. The molecule has 0 bridgehead atoms. The second kappa shape index (κ2) is 9.80. The molecule has 0 radical (unpaired) electrons. The average molecular weight is 416 g/mol. The zero-order valence-corrected chi connectivity index (χ0v) is 17.1. The number of allylic oxidation sites excluding steroid dienone is 4. The van der Waals surface area contributed by atoms with Crippen LogP contribution in [-0.4, -0.2) is 36.8 Å². The fraction of sp³-hybridized carbons (Fsp3) is 0.348. The van der Waals surface area contributed by atoms with Gasteiger partial charge in [-0.2, -0.15) is 13.2 Å². The van der Waals surface area contributed by atoms with Gasteiger partial charge in [0.2, 0.25) is 0 Å². The van der Waals surface area contributed by atoms with Crippen molar-refractivity contribution in [3.63, 3.8) is 0 Å². The molecule has 4 nitrogen and oxygen atoms in total. The molecule has 1 saturated heterocycles. The SMILES string of the molecule is C=C(/C=C\N=C1C=CC(N2CCNCC2)=CC1)NCc1cccc(C(F)(F)F)c1C. The van der Waals surface area contributed by atoms with Crippen molar-refractivity contribution in [3.8, 4) is 0 Å². The Labute approximate surface area is 175 Å². The zero-order valence-electron chi connectivity index (χ0n) is 17.1. The molecule has 1 aliphatic carbocycles. The number of halogens is 3. The van der Waals surface area contributed by atoms with Crippen LogP contribution in [-0.2, 0) is 12.7 Å². The fourth-order valence-corrected chi connectivity index (χ4v) is 3.45. The molecule has 2 N–H and O–H groups in total. The Hall–Kier alpha value is -2.80. The van der Waals surface area contributed by atoms with Crippen LogP contribution in [0, 0.1) is 6.92 Å². The van der Waals surface area contributed by atoms with E-state index >= 15 is 0 Å². The Kier molecular flexibility index (Phi) is 7.15. The second-order valence-corrected chi connectivity index (χ2v) is 7.31. The number of nitrogens with zero attached hydrogens (tertiary/aromatic N) is 2. The van der Waals surface area contributed by atoms with E-state index in [9.17, 15) is 13.2 Å². The third-order valence-corrected chi connectivity index (χ3v) is 5.22. The molecule has 1 aliphatic heterocycles. The van der Waals surface area contributed by atoms with Gasteiger partial charge < -0.3 is 15.5 Å². The smallest absolute Gasteiger partial charge is 0.381 e. The van der Waals surface area contributed by atoms with E-state index in [1.165, 1.54) is 18.7 Å². The van der Waals surface area contributed by atoms with Crippen LogP contribution in [0.4, 0.5) is 13.2 Å². The number of nitrogens with one attached hydrogen (secondary N) is 2. The highest BCUT2D eigenvalue weighted by Gasteiger charge is 2.32. The maximum absolute atomic E-state index is 13.0. The highest BCUT2D eigenvalue weighted by molar-refractivity contribution is 5.97. The van der Waals surface area contributed by atoms with Crippen LogP contribution >= 0.6 is 0 Å². The predicted molar refractivity (Wildman–Crippen MR) is 115 cm³/mol. The summed E-state index contributed by atoms with van der Waals surface area (Å²) in [5, 5.41) is 6.39. The van der Waals surface area contributed by atoms with Gasteiger partial charge in [0.05, 0.1) is 5.56 Å². The van der Waals surface area contributed by atoms with Crippen LogP contribution in [0.2, 0.25) is 0 Å². The van der Waals surface area contributed by atoms with Crippen LogP contribution < -0.4 is 10.6 Å². The van der Waals surface area contributed by atoms with Crippen molar-refractivity contribution in [1.82, 2.24) is 15.5 Å². The normalized spacial score (nSPS) is 18.7. The molecule has 0 unspecified atom stereocenters. The molecule has 0 spiro atoms. The van der Waals surface area contributed by atoms with E-state index in [0.29, 0.717) is 11.3 Å². The monoisotopic (exact) mass is 416 g/mol. The Balaban J connectivity index is 1.50. The quantitative estimate of drug-likeness (QED) is 0.679. The molecular weight excluding hydrogens is 389 g/mol. The molecule has 0 atom stereocenters. The van der Waals surface area contributed by atoms with Gasteiger partial charge >= 0.3 is 6.18 Å². The lowest BCUT2D eigenvalue weighted by Crippen LogP contribution is -2.42. The third kappa shape index (κ3) is 5.86. The summed E-state index contributed by atoms with van der Waals surface area (Å²) in [6.45, 7) is 9.69. The zero-order chi connectivity index (χ0) is 21.6. The first kappa shape index (κ1) is 21.9. The highest BCUT2D eigenvalue weighted by Crippen LogP contribution is 2.32. The Bertz CT molecular complexity index is 888. The molecule has 2 aliphatic rings. The minimum absolute atomic E-state index is 0.231. The van der Waals surface area contributed by atoms with Crippen molar-refractivity contribution in [2.24, 2.45) is 4.99 Å². The molecule has 7 heteroatoms. The molecule has 0 amide bonds. The summed E-state index contributed by atoms with van der Waals surface area (Å²) < 4.78 is 39.1. The third-order valence-electron chi connectivity index (χ3n) is 5.22. The van der Waals surface area contributed by atoms with Crippen LogP contribution in [0.1, 0.15) is 23.1 Å². The van der Waals surface area contributed by atoms with E-state index in [0.717, 1.165) is 44.4 Å². The number of aliphatic imine (C=N–C) groups is 1. The number of alkyl halides is 3. The first-order valence-electron chi connectivity index (χ1n) is 10.00. The molecule has 1 aromatic rings. The lowest BCUT2D eigenvalue weighted by Gasteiger charge is -2.31. The second-order valence-electron chi connectivity index (χ2n) is 7.31. The Morgan fingerprint density at radius 3 is 2.70 bits per heavy atom. The van der Waals surface area contributed by atoms with Gasteiger partial charge in [-0.05, 0) is 42.3 Å². The molecule has 1 heterocycles. The molecule has 160 valence electrons. The van der Waals surface area contributed by atoms with Crippen molar-refractivity contribution in [1.29, 1.82) is 0 Å². The minimum atomic E-state index is -4.35. The average Bonchev–Trinajstić information content (AvgIpc) is 2.73. The summed E-state index contributed by atoms with van der Waals surface area (Å²) in [6.07, 6.45) is 6.09. The van der Waals surface area contributed by atoms with Crippen LogP contribution in [0.3, 0.4) is 0 Å². The number of hydrogen-bond acceptors (Lipinski definition) is 4. The molecule has 0 saturated carbocycles. The van der Waals surface area contributed by atoms with Crippen LogP contribution in [0.25, 0.3) is 0 Å². The fourth-order valence-electron chi connectivity index (χ4n) is 3.45. The maximum Gasteiger partial charge on any atom is 0.416 e. The lowest BCUT2D eigenvalue weighted by atomic mass is 10.0. The summed E-state index contributed by atoms with van der Waals surface area (Å²) in [5.41, 5.74) is 2.99. The van der Waals surface area contributed by atoms with E-state index in [4.69, 9.17) is 0 Å². The van der Waals surface area contributed by atoms with Gasteiger partial charge in [-0.3, -0.25) is 4.99 Å². The number of benzene rings is 1. The maximum atomic E-state index is 13.0. The van der Waals surface area contributed by atoms with Gasteiger partial charge in [0.1, 0.15) is 0 Å². The van der Waals surface area contributed by atoms with Crippen LogP contribution in [0.5, 0.6) is 0 Å². The van der Waals surface area contributed by atoms with Crippen LogP contribution in [0.15, 0.2) is 71.7 Å². The number of rotatable bonds is 6. The van der Waals surface area contributed by atoms with Crippen molar-refractivity contribution < 1.29 is 13.2 Å². The molecule has 1 aromatic carbocycles. The summed E-state index contributed by atoms with van der Waals surface area (Å²) in [7, 11) is 0. The topological polar surface area (TPSA) is 39.7 Å². The van der Waals surface area contributed by atoms with Crippen molar-refractivity contribution in [3.05, 3.63) is 83.4 Å². The van der Waals surface area contributed by atoms with Gasteiger partial charge in [-0.25, -0.2) is 0 Å². The van der Waals surface area contributed by atoms with Crippen molar-refractivity contribution in [2.75, 3.05) is 26.2 Å². The van der Waals surface area contributed by atoms with Gasteiger partial charge in [0.15, 0.2) is 0 Å². The molecule has 3 rings (SSSR count). The largest absolute Gasteiger partial charge is 0.416 e. The van der Waals surface area contributed by atoms with E-state index < -0.39 is 11.7 Å². The van der Waals surface area contributed by atoms with E-state index in [1.54, 1.807) is 18.3 Å². The standard InChI is InChI=1S/C23H27F3N4/c1-17(29-16-19-4-3-5-22(18(19)2)23(24,25)26)10-11-28-20-6-8-21(9-7-20)30-14-12-27-13-15-30/h3-6,8-11,27,29H,1,7,12-16H2,2H3/b11-10-,28-20?. The van der Waals surface area contributed by atoms with Gasteiger partial charge in [0.25, 0.3) is 0 Å². The summed E-state index contributed by atoms with van der Waals surface area (Å²) in [5.74, 6) is 0. The summed E-state index contributed by atoms with van der Waals surface area (Å²) >= 11 is 0. The van der Waals surface area contributed by atoms with Gasteiger partial charge in [0, 0.05) is 62.5 Å². The lowest BCUT2D eigenvalue weighted by molar-refractivity contribution is -0.138.